The molecule has 0 aromatic heterocycles. The van der Waals surface area contributed by atoms with E-state index in [0.29, 0.717) is 32.1 Å². The van der Waals surface area contributed by atoms with Crippen molar-refractivity contribution >= 4 is 15.9 Å². The monoisotopic (exact) mass is 638 g/mol. The minimum atomic E-state index is -3.72. The van der Waals surface area contributed by atoms with E-state index in [-0.39, 0.29) is 24.9 Å². The van der Waals surface area contributed by atoms with Crippen molar-refractivity contribution in [2.24, 2.45) is 5.92 Å². The minimum Gasteiger partial charge on any atom is -0.392 e. The smallest absolute Gasteiger partial charge is 0.224 e. The lowest BCUT2D eigenvalue weighted by atomic mass is 9.91. The van der Waals surface area contributed by atoms with Crippen LogP contribution in [0.5, 0.6) is 0 Å². The number of rotatable bonds is 12. The molecule has 4 aromatic rings. The summed E-state index contributed by atoms with van der Waals surface area (Å²) in [4.78, 5) is 13.9. The van der Waals surface area contributed by atoms with Crippen molar-refractivity contribution < 1.29 is 23.4 Å². The highest BCUT2D eigenvalue weighted by atomic mass is 32.2. The average molecular weight is 639 g/mol. The molecule has 0 bridgehead atoms. The molecule has 1 aliphatic heterocycles. The Hall–Kier alpha value is -3.82. The van der Waals surface area contributed by atoms with E-state index in [9.17, 15) is 23.4 Å². The Balaban J connectivity index is 1.21. The summed E-state index contributed by atoms with van der Waals surface area (Å²) in [6.45, 7) is -0.0847. The van der Waals surface area contributed by atoms with Crippen LogP contribution in [-0.2, 0) is 40.5 Å². The molecule has 0 radical (unpaired) electrons. The van der Waals surface area contributed by atoms with Gasteiger partial charge in [0.25, 0.3) is 0 Å². The Morgan fingerprint density at radius 2 is 1.37 bits per heavy atom. The maximum Gasteiger partial charge on any atom is 0.224 e. The molecule has 1 aliphatic carbocycles. The Kier molecular flexibility index (Phi) is 9.99. The molecule has 0 saturated carbocycles. The summed E-state index contributed by atoms with van der Waals surface area (Å²) in [6.07, 6.45) is 0.542. The standard InChI is InChI=1S/C38H42N2O5S/c41-33(23-31(20-27-12-4-1-5-13-27)38(43)39-37-35-19-11-10-18-30(35)24-36(37)42)26-40-32(21-28-14-6-2-7-15-28)25-34(46(40,44)45)22-29-16-8-3-9-17-29/h1-19,31-34,36-37,41-42H,20-26H2,(H,39,43)/t31-,32+,33+,34+,36-,37+/m1/s1. The first-order chi connectivity index (χ1) is 22.3. The fraction of sp³-hybridized carbons (Fsp3) is 0.342. The summed E-state index contributed by atoms with van der Waals surface area (Å²) in [7, 11) is -3.72. The van der Waals surface area contributed by atoms with Gasteiger partial charge in [-0.2, -0.15) is 4.31 Å². The molecule has 3 N–H and O–H groups in total. The third-order valence-electron chi connectivity index (χ3n) is 9.46. The van der Waals surface area contributed by atoms with Gasteiger partial charge in [-0.25, -0.2) is 8.42 Å². The Labute approximate surface area is 272 Å². The molecule has 1 fully saturated rings. The SMILES string of the molecule is O=C(N[C@H]1c2ccccc2C[C@H]1O)[C@H](Cc1ccccc1)C[C@H](O)CN1[C@@H](Cc2ccccc2)C[C@H](Cc2ccccc2)S1(=O)=O. The molecule has 8 heteroatoms. The number of hydrogen-bond acceptors (Lipinski definition) is 5. The number of hydrogen-bond donors (Lipinski definition) is 3. The van der Waals surface area contributed by atoms with Gasteiger partial charge in [-0.1, -0.05) is 115 Å². The van der Waals surface area contributed by atoms with Gasteiger partial charge in [0.2, 0.25) is 15.9 Å². The van der Waals surface area contributed by atoms with Crippen molar-refractivity contribution in [1.29, 1.82) is 0 Å². The van der Waals surface area contributed by atoms with E-state index in [2.05, 4.69) is 5.32 Å². The van der Waals surface area contributed by atoms with Crippen LogP contribution in [0.2, 0.25) is 0 Å². The number of amides is 1. The summed E-state index contributed by atoms with van der Waals surface area (Å²) in [6, 6.07) is 36.0. The molecule has 6 rings (SSSR count). The molecule has 0 unspecified atom stereocenters. The Morgan fingerprint density at radius 3 is 2.02 bits per heavy atom. The van der Waals surface area contributed by atoms with E-state index in [0.717, 1.165) is 27.8 Å². The first-order valence-corrected chi connectivity index (χ1v) is 17.6. The number of β-amino-alcohol motifs (C(OH)–C–C–N with tert-alkyl or cyclic N) is 1. The maximum atomic E-state index is 14.0. The zero-order valence-electron chi connectivity index (χ0n) is 25.9. The number of sulfonamides is 1. The lowest BCUT2D eigenvalue weighted by Crippen LogP contribution is -2.44. The largest absolute Gasteiger partial charge is 0.392 e. The van der Waals surface area contributed by atoms with Gasteiger partial charge in [-0.15, -0.1) is 0 Å². The second-order valence-corrected chi connectivity index (χ2v) is 14.9. The van der Waals surface area contributed by atoms with Crippen molar-refractivity contribution in [2.75, 3.05) is 6.54 Å². The molecule has 2 aliphatic rings. The molecule has 240 valence electrons. The number of aliphatic hydroxyl groups is 2. The zero-order valence-corrected chi connectivity index (χ0v) is 26.7. The summed E-state index contributed by atoms with van der Waals surface area (Å²) < 4.78 is 29.6. The number of carbonyl (C=O) groups is 1. The predicted octanol–water partition coefficient (Wildman–Crippen LogP) is 4.63. The quantitative estimate of drug-likeness (QED) is 0.210. The molecular weight excluding hydrogens is 596 g/mol. The fourth-order valence-electron chi connectivity index (χ4n) is 7.14. The van der Waals surface area contributed by atoms with E-state index in [1.54, 1.807) is 0 Å². The minimum absolute atomic E-state index is 0.0820. The molecule has 1 amide bonds. The van der Waals surface area contributed by atoms with E-state index in [4.69, 9.17) is 0 Å². The van der Waals surface area contributed by atoms with Gasteiger partial charge < -0.3 is 15.5 Å². The normalized spacial score (nSPS) is 23.4. The van der Waals surface area contributed by atoms with Crippen LogP contribution in [0.1, 0.15) is 46.7 Å². The topological polar surface area (TPSA) is 107 Å². The lowest BCUT2D eigenvalue weighted by Gasteiger charge is -2.28. The number of nitrogens with zero attached hydrogens (tertiary/aromatic N) is 1. The van der Waals surface area contributed by atoms with Crippen LogP contribution in [-0.4, -0.2) is 58.9 Å². The van der Waals surface area contributed by atoms with Crippen molar-refractivity contribution in [2.45, 2.75) is 68.1 Å². The van der Waals surface area contributed by atoms with Crippen LogP contribution in [0.3, 0.4) is 0 Å². The molecule has 4 aromatic carbocycles. The number of fused-ring (bicyclic) bond motifs is 1. The molecule has 1 saturated heterocycles. The highest BCUT2D eigenvalue weighted by Crippen LogP contribution is 2.34. The molecule has 6 atom stereocenters. The van der Waals surface area contributed by atoms with Crippen LogP contribution in [0.25, 0.3) is 0 Å². The van der Waals surface area contributed by atoms with Crippen LogP contribution in [0, 0.1) is 5.92 Å². The molecule has 1 heterocycles. The first-order valence-electron chi connectivity index (χ1n) is 16.1. The predicted molar refractivity (Wildman–Crippen MR) is 179 cm³/mol. The van der Waals surface area contributed by atoms with Gasteiger partial charge in [0.1, 0.15) is 0 Å². The first kappa shape index (κ1) is 32.1. The summed E-state index contributed by atoms with van der Waals surface area (Å²) in [5.41, 5.74) is 4.86. The van der Waals surface area contributed by atoms with Crippen LogP contribution in [0.4, 0.5) is 0 Å². The molecule has 46 heavy (non-hydrogen) atoms. The summed E-state index contributed by atoms with van der Waals surface area (Å²) in [5.74, 6) is -0.897. The Morgan fingerprint density at radius 1 is 0.804 bits per heavy atom. The van der Waals surface area contributed by atoms with E-state index < -0.39 is 39.4 Å². The third-order valence-corrected chi connectivity index (χ3v) is 11.8. The third kappa shape index (κ3) is 7.42. The number of nitrogens with one attached hydrogen (secondary N) is 1. The maximum absolute atomic E-state index is 14.0. The molecule has 7 nitrogen and oxygen atoms in total. The Bertz CT molecular complexity index is 1700. The zero-order chi connectivity index (χ0) is 32.1. The number of carbonyl (C=O) groups excluding carboxylic acids is 1. The van der Waals surface area contributed by atoms with Crippen molar-refractivity contribution in [1.82, 2.24) is 9.62 Å². The van der Waals surface area contributed by atoms with Crippen molar-refractivity contribution in [3.63, 3.8) is 0 Å². The second kappa shape index (κ2) is 14.3. The van der Waals surface area contributed by atoms with Gasteiger partial charge in [0.05, 0.1) is 23.5 Å². The van der Waals surface area contributed by atoms with E-state index in [1.165, 1.54) is 4.31 Å². The van der Waals surface area contributed by atoms with Gasteiger partial charge >= 0.3 is 0 Å². The number of benzene rings is 4. The second-order valence-electron chi connectivity index (χ2n) is 12.7. The highest BCUT2D eigenvalue weighted by molar-refractivity contribution is 7.90. The van der Waals surface area contributed by atoms with Gasteiger partial charge in [0, 0.05) is 24.9 Å². The van der Waals surface area contributed by atoms with E-state index in [1.807, 2.05) is 115 Å². The molecule has 0 spiro atoms. The lowest BCUT2D eigenvalue weighted by molar-refractivity contribution is -0.127. The highest BCUT2D eigenvalue weighted by Gasteiger charge is 2.46. The van der Waals surface area contributed by atoms with Gasteiger partial charge in [-0.05, 0) is 59.9 Å². The van der Waals surface area contributed by atoms with Crippen LogP contribution in [0.15, 0.2) is 115 Å². The van der Waals surface area contributed by atoms with Crippen LogP contribution < -0.4 is 5.32 Å². The van der Waals surface area contributed by atoms with Crippen molar-refractivity contribution in [3.05, 3.63) is 143 Å². The average Bonchev–Trinajstić information content (AvgIpc) is 3.49. The van der Waals surface area contributed by atoms with Gasteiger partial charge in [0.15, 0.2) is 0 Å². The summed E-state index contributed by atoms with van der Waals surface area (Å²) >= 11 is 0. The van der Waals surface area contributed by atoms with E-state index >= 15 is 0 Å². The fourth-order valence-corrected chi connectivity index (χ4v) is 9.35. The molecular formula is C38H42N2O5S. The van der Waals surface area contributed by atoms with Crippen molar-refractivity contribution in [3.8, 4) is 0 Å². The van der Waals surface area contributed by atoms with Crippen LogP contribution >= 0.6 is 0 Å². The summed E-state index contributed by atoms with van der Waals surface area (Å²) in [5, 5.41) is 24.8. The van der Waals surface area contributed by atoms with Gasteiger partial charge in [-0.3, -0.25) is 4.79 Å². The number of aliphatic hydroxyl groups excluding tert-OH is 2.